The lowest BCUT2D eigenvalue weighted by atomic mass is 9.74. The average molecular weight is 802 g/mol. The van der Waals surface area contributed by atoms with Crippen molar-refractivity contribution < 1.29 is 14.7 Å². The molecule has 0 aliphatic rings. The van der Waals surface area contributed by atoms with Crippen molar-refractivity contribution in [1.82, 2.24) is 0 Å². The maximum atomic E-state index is 14.4. The molecule has 0 aromatic rings. The molecule has 3 atom stereocenters. The van der Waals surface area contributed by atoms with Crippen molar-refractivity contribution in [1.29, 1.82) is 0 Å². The van der Waals surface area contributed by atoms with Crippen molar-refractivity contribution in [2.24, 2.45) is 17.8 Å². The number of carbonyl (C=O) groups is 2. The molecule has 0 rings (SSSR count). The number of aliphatic carboxylic acids is 1. The summed E-state index contributed by atoms with van der Waals surface area (Å²) in [4.78, 5) is 27.1. The molecule has 3 heteroatoms. The molecule has 0 saturated heterocycles. The average Bonchev–Trinajstić information content (AvgIpc) is 3.21. The van der Waals surface area contributed by atoms with Gasteiger partial charge in [-0.25, -0.2) is 0 Å². The standard InChI is InChI=1S/C54H106O3/c1-5-9-13-17-21-23-25-27-29-31-33-36-40-44-48-51(50(46-42-38-20-16-12-8-4)47-43-39-35-19-15-11-7-3)53(55)52(54(56)57)49-45-41-37-34-32-30-28-26-24-22-18-14-10-6-2/h50-52H,5-49H2,1-4H3,(H,56,57)/p-1. The minimum absolute atomic E-state index is 0.0401. The molecule has 0 aliphatic carbocycles. The number of carbonyl (C=O) groups excluding carboxylic acids is 2. The van der Waals surface area contributed by atoms with Crippen LogP contribution in [0.15, 0.2) is 0 Å². The van der Waals surface area contributed by atoms with Gasteiger partial charge in [-0.2, -0.15) is 0 Å². The van der Waals surface area contributed by atoms with Crippen LogP contribution < -0.4 is 5.11 Å². The Morgan fingerprint density at radius 2 is 0.509 bits per heavy atom. The molecule has 0 N–H and O–H groups in total. The zero-order valence-corrected chi connectivity index (χ0v) is 39.8. The number of unbranched alkanes of at least 4 members (excludes halogenated alkanes) is 37. The zero-order chi connectivity index (χ0) is 41.7. The van der Waals surface area contributed by atoms with Gasteiger partial charge >= 0.3 is 0 Å². The van der Waals surface area contributed by atoms with Crippen molar-refractivity contribution in [2.75, 3.05) is 0 Å². The first-order chi connectivity index (χ1) is 28.0. The molecule has 0 amide bonds. The molecule has 0 spiro atoms. The van der Waals surface area contributed by atoms with E-state index >= 15 is 0 Å². The number of hydrogen-bond donors (Lipinski definition) is 0. The third kappa shape index (κ3) is 37.8. The van der Waals surface area contributed by atoms with E-state index in [2.05, 4.69) is 27.7 Å². The molecule has 0 fully saturated rings. The van der Waals surface area contributed by atoms with E-state index in [9.17, 15) is 14.7 Å². The highest BCUT2D eigenvalue weighted by Crippen LogP contribution is 2.34. The second-order valence-corrected chi connectivity index (χ2v) is 18.9. The fourth-order valence-corrected chi connectivity index (χ4v) is 9.44. The van der Waals surface area contributed by atoms with E-state index in [0.29, 0.717) is 12.3 Å². The molecule has 3 nitrogen and oxygen atoms in total. The number of ketones is 1. The Bertz CT molecular complexity index is 807. The van der Waals surface area contributed by atoms with Crippen LogP contribution >= 0.6 is 0 Å². The van der Waals surface area contributed by atoms with Crippen molar-refractivity contribution in [3.8, 4) is 0 Å². The van der Waals surface area contributed by atoms with Gasteiger partial charge in [-0.3, -0.25) is 4.79 Å². The van der Waals surface area contributed by atoms with Crippen LogP contribution in [0.3, 0.4) is 0 Å². The molecular formula is C54H105O3-. The number of carboxylic acid groups (broad SMARTS) is 1. The minimum atomic E-state index is -1.10. The Labute approximate surface area is 359 Å². The molecule has 0 aromatic carbocycles. The van der Waals surface area contributed by atoms with Gasteiger partial charge in [0, 0.05) is 5.92 Å². The van der Waals surface area contributed by atoms with Crippen LogP contribution in [0.25, 0.3) is 0 Å². The largest absolute Gasteiger partial charge is 0.549 e. The predicted molar refractivity (Wildman–Crippen MR) is 251 cm³/mol. The first-order valence-electron chi connectivity index (χ1n) is 26.8. The van der Waals surface area contributed by atoms with Crippen molar-refractivity contribution in [3.63, 3.8) is 0 Å². The number of hydrogen-bond acceptors (Lipinski definition) is 3. The molecule has 0 bridgehead atoms. The second kappa shape index (κ2) is 46.2. The van der Waals surface area contributed by atoms with Crippen LogP contribution in [0.4, 0.5) is 0 Å². The van der Waals surface area contributed by atoms with Gasteiger partial charge < -0.3 is 9.90 Å². The highest BCUT2D eigenvalue weighted by molar-refractivity contribution is 5.98. The van der Waals surface area contributed by atoms with E-state index in [0.717, 1.165) is 44.9 Å². The fourth-order valence-electron chi connectivity index (χ4n) is 9.44. The normalized spacial score (nSPS) is 13.3. The van der Waals surface area contributed by atoms with E-state index in [1.54, 1.807) is 0 Å². The lowest BCUT2D eigenvalue weighted by molar-refractivity contribution is -0.310. The van der Waals surface area contributed by atoms with Gasteiger partial charge in [0.25, 0.3) is 0 Å². The van der Waals surface area contributed by atoms with Gasteiger partial charge in [-0.1, -0.05) is 291 Å². The molecule has 0 heterocycles. The van der Waals surface area contributed by atoms with Gasteiger partial charge in [0.1, 0.15) is 5.78 Å². The SMILES string of the molecule is CCCCCCCCCCCCCCCCC(C(=O)[O-])C(=O)C(CCCCCCCCCCCCCCCC)C(CCCCCCCC)CCCCCCCCC. The Morgan fingerprint density at radius 1 is 0.298 bits per heavy atom. The lowest BCUT2D eigenvalue weighted by Gasteiger charge is -2.30. The van der Waals surface area contributed by atoms with Crippen LogP contribution in [-0.2, 0) is 9.59 Å². The van der Waals surface area contributed by atoms with E-state index in [1.165, 1.54) is 238 Å². The first-order valence-corrected chi connectivity index (χ1v) is 26.8. The van der Waals surface area contributed by atoms with Crippen molar-refractivity contribution in [2.45, 2.75) is 317 Å². The van der Waals surface area contributed by atoms with Gasteiger partial charge in [0.15, 0.2) is 0 Å². The highest BCUT2D eigenvalue weighted by Gasteiger charge is 2.32. The van der Waals surface area contributed by atoms with Gasteiger partial charge in [-0.15, -0.1) is 0 Å². The Hall–Kier alpha value is -0.860. The molecule has 340 valence electrons. The van der Waals surface area contributed by atoms with Crippen LogP contribution in [0.2, 0.25) is 0 Å². The smallest absolute Gasteiger partial charge is 0.144 e. The predicted octanol–water partition coefficient (Wildman–Crippen LogP) is 17.8. The summed E-state index contributed by atoms with van der Waals surface area (Å²) >= 11 is 0. The second-order valence-electron chi connectivity index (χ2n) is 18.9. The summed E-state index contributed by atoms with van der Waals surface area (Å²) in [5.74, 6) is -1.75. The molecule has 3 unspecified atom stereocenters. The first kappa shape index (κ1) is 56.1. The van der Waals surface area contributed by atoms with E-state index < -0.39 is 11.9 Å². The monoisotopic (exact) mass is 802 g/mol. The van der Waals surface area contributed by atoms with Crippen LogP contribution in [0.5, 0.6) is 0 Å². The Kier molecular flexibility index (Phi) is 45.5. The Morgan fingerprint density at radius 3 is 0.754 bits per heavy atom. The number of rotatable bonds is 49. The maximum absolute atomic E-state index is 14.4. The van der Waals surface area contributed by atoms with E-state index in [4.69, 9.17) is 0 Å². The van der Waals surface area contributed by atoms with E-state index in [1.807, 2.05) is 0 Å². The fraction of sp³-hybridized carbons (Fsp3) is 0.963. The summed E-state index contributed by atoms with van der Waals surface area (Å²) in [6.07, 6.45) is 56.7. The molecule has 0 aromatic heterocycles. The minimum Gasteiger partial charge on any atom is -0.549 e. The third-order valence-electron chi connectivity index (χ3n) is 13.4. The quantitative estimate of drug-likeness (QED) is 0.0455. The lowest BCUT2D eigenvalue weighted by Crippen LogP contribution is -2.41. The van der Waals surface area contributed by atoms with Crippen molar-refractivity contribution >= 4 is 11.8 Å². The number of carboxylic acids is 1. The highest BCUT2D eigenvalue weighted by atomic mass is 16.4. The zero-order valence-electron chi connectivity index (χ0n) is 39.8. The van der Waals surface area contributed by atoms with Gasteiger partial charge in [0.2, 0.25) is 0 Å². The van der Waals surface area contributed by atoms with E-state index in [-0.39, 0.29) is 11.7 Å². The number of Topliss-reactive ketones (excluding diaryl/α,β-unsaturated/α-hetero) is 1. The topological polar surface area (TPSA) is 57.2 Å². The summed E-state index contributed by atoms with van der Waals surface area (Å²) in [5.41, 5.74) is 0. The Balaban J connectivity index is 5.12. The summed E-state index contributed by atoms with van der Waals surface area (Å²) in [6, 6.07) is 0. The molecular weight excluding hydrogens is 697 g/mol. The summed E-state index contributed by atoms with van der Waals surface area (Å²) in [6.45, 7) is 9.13. The van der Waals surface area contributed by atoms with Crippen molar-refractivity contribution in [3.05, 3.63) is 0 Å². The molecule has 0 radical (unpaired) electrons. The molecule has 0 aliphatic heterocycles. The van der Waals surface area contributed by atoms with Crippen LogP contribution in [0, 0.1) is 17.8 Å². The summed E-state index contributed by atoms with van der Waals surface area (Å²) in [7, 11) is 0. The van der Waals surface area contributed by atoms with Crippen LogP contribution in [0.1, 0.15) is 317 Å². The van der Waals surface area contributed by atoms with Gasteiger partial charge in [0.05, 0.1) is 11.9 Å². The summed E-state index contributed by atoms with van der Waals surface area (Å²) < 4.78 is 0. The third-order valence-corrected chi connectivity index (χ3v) is 13.4. The molecule has 0 saturated carbocycles. The molecule has 57 heavy (non-hydrogen) atoms. The maximum Gasteiger partial charge on any atom is 0.144 e. The van der Waals surface area contributed by atoms with Crippen LogP contribution in [-0.4, -0.2) is 11.8 Å². The van der Waals surface area contributed by atoms with Gasteiger partial charge in [-0.05, 0) is 31.6 Å². The summed E-state index contributed by atoms with van der Waals surface area (Å²) in [5, 5.41) is 12.6.